The molecule has 1 aromatic rings. The fourth-order valence-corrected chi connectivity index (χ4v) is 3.74. The molecule has 2 N–H and O–H groups in total. The monoisotopic (exact) mass is 414 g/mol. The van der Waals surface area contributed by atoms with E-state index < -0.39 is 0 Å². The predicted molar refractivity (Wildman–Crippen MR) is 132 cm³/mol. The van der Waals surface area contributed by atoms with Crippen LogP contribution in [-0.2, 0) is 0 Å². The zero-order valence-corrected chi connectivity index (χ0v) is 19.9. The molecule has 0 aromatic heterocycles. The van der Waals surface area contributed by atoms with E-state index >= 15 is 0 Å². The third-order valence-electron chi connectivity index (χ3n) is 5.69. The molecule has 0 unspecified atom stereocenters. The van der Waals surface area contributed by atoms with Crippen molar-refractivity contribution in [3.05, 3.63) is 41.5 Å². The van der Waals surface area contributed by atoms with Crippen LogP contribution in [0.4, 0.5) is 10.5 Å². The van der Waals surface area contributed by atoms with Crippen LogP contribution in [0.25, 0.3) is 0 Å². The maximum absolute atomic E-state index is 12.0. The van der Waals surface area contributed by atoms with Gasteiger partial charge in [0.25, 0.3) is 0 Å². The molecule has 1 rings (SSSR count). The molecule has 0 atom stereocenters. The van der Waals surface area contributed by atoms with E-state index in [0.717, 1.165) is 29.8 Å². The maximum Gasteiger partial charge on any atom is 0.319 e. The van der Waals surface area contributed by atoms with Gasteiger partial charge in [0.1, 0.15) is 0 Å². The maximum atomic E-state index is 12.0. The lowest BCUT2D eigenvalue weighted by Gasteiger charge is -2.12. The first-order valence-corrected chi connectivity index (χ1v) is 12.4. The van der Waals surface area contributed by atoms with Crippen molar-refractivity contribution >= 4 is 11.7 Å². The summed E-state index contributed by atoms with van der Waals surface area (Å²) in [7, 11) is 0. The molecule has 0 bridgehead atoms. The average molecular weight is 415 g/mol. The summed E-state index contributed by atoms with van der Waals surface area (Å²) in [5.74, 6) is 0. The van der Waals surface area contributed by atoms with Crippen LogP contribution in [-0.4, -0.2) is 12.6 Å². The third-order valence-corrected chi connectivity index (χ3v) is 5.69. The quantitative estimate of drug-likeness (QED) is 0.195. The van der Waals surface area contributed by atoms with E-state index in [1.807, 2.05) is 32.0 Å². The van der Waals surface area contributed by atoms with Crippen LogP contribution in [0, 0.1) is 13.8 Å². The number of rotatable bonds is 17. The topological polar surface area (TPSA) is 41.1 Å². The van der Waals surface area contributed by atoms with E-state index in [1.165, 1.54) is 83.5 Å². The molecule has 0 heterocycles. The van der Waals surface area contributed by atoms with Gasteiger partial charge in [0, 0.05) is 12.2 Å². The Balaban J connectivity index is 1.88. The highest BCUT2D eigenvalue weighted by molar-refractivity contribution is 5.90. The second kappa shape index (κ2) is 18.0. The van der Waals surface area contributed by atoms with E-state index in [4.69, 9.17) is 0 Å². The molecule has 170 valence electrons. The van der Waals surface area contributed by atoms with Gasteiger partial charge in [0.2, 0.25) is 0 Å². The molecule has 0 aliphatic carbocycles. The summed E-state index contributed by atoms with van der Waals surface area (Å²) in [6, 6.07) is 5.96. The summed E-state index contributed by atoms with van der Waals surface area (Å²) < 4.78 is 0. The zero-order chi connectivity index (χ0) is 21.9. The molecule has 0 aliphatic rings. The van der Waals surface area contributed by atoms with Crippen molar-refractivity contribution in [2.75, 3.05) is 11.9 Å². The molecule has 0 fully saturated rings. The number of hydrogen-bond donors (Lipinski definition) is 2. The number of carbonyl (C=O) groups excluding carboxylic acids is 1. The number of para-hydroxylation sites is 1. The van der Waals surface area contributed by atoms with Crippen LogP contribution >= 0.6 is 0 Å². The number of allylic oxidation sites excluding steroid dienone is 2. The molecule has 0 radical (unpaired) electrons. The van der Waals surface area contributed by atoms with E-state index in [2.05, 4.69) is 29.7 Å². The van der Waals surface area contributed by atoms with Crippen molar-refractivity contribution < 1.29 is 4.79 Å². The Kier molecular flexibility index (Phi) is 15.8. The molecular formula is C27H46N2O. The van der Waals surface area contributed by atoms with Crippen LogP contribution in [0.3, 0.4) is 0 Å². The Morgan fingerprint density at radius 1 is 0.767 bits per heavy atom. The van der Waals surface area contributed by atoms with Gasteiger partial charge in [-0.1, -0.05) is 95.1 Å². The minimum atomic E-state index is -0.0971. The third kappa shape index (κ3) is 13.5. The Hall–Kier alpha value is -1.77. The van der Waals surface area contributed by atoms with Gasteiger partial charge in [0.05, 0.1) is 0 Å². The van der Waals surface area contributed by atoms with Gasteiger partial charge in [-0.2, -0.15) is 0 Å². The standard InChI is InChI=1S/C27H46N2O/c1-4-5-6-7-8-9-10-11-12-13-14-15-16-17-18-19-23-28-27(30)29-26-24(2)21-20-22-25(26)3/h11-12,20-22H,4-10,13-19,23H2,1-3H3,(H2,28,29,30). The summed E-state index contributed by atoms with van der Waals surface area (Å²) >= 11 is 0. The smallest absolute Gasteiger partial charge is 0.319 e. The predicted octanol–water partition coefficient (Wildman–Crippen LogP) is 8.46. The number of amides is 2. The molecule has 0 aliphatic heterocycles. The highest BCUT2D eigenvalue weighted by Gasteiger charge is 2.06. The molecule has 0 spiro atoms. The molecule has 0 saturated carbocycles. The second-order valence-corrected chi connectivity index (χ2v) is 8.59. The number of aryl methyl sites for hydroxylation is 2. The van der Waals surface area contributed by atoms with E-state index in [1.54, 1.807) is 0 Å². The van der Waals surface area contributed by atoms with Crippen molar-refractivity contribution in [1.29, 1.82) is 0 Å². The highest BCUT2D eigenvalue weighted by Crippen LogP contribution is 2.19. The van der Waals surface area contributed by atoms with E-state index in [9.17, 15) is 4.79 Å². The van der Waals surface area contributed by atoms with Crippen molar-refractivity contribution in [1.82, 2.24) is 5.32 Å². The Bertz CT molecular complexity index is 574. The van der Waals surface area contributed by atoms with Crippen molar-refractivity contribution in [2.45, 2.75) is 111 Å². The van der Waals surface area contributed by atoms with Gasteiger partial charge in [-0.3, -0.25) is 0 Å². The van der Waals surface area contributed by atoms with Gasteiger partial charge in [-0.05, 0) is 57.1 Å². The van der Waals surface area contributed by atoms with Crippen LogP contribution in [0.2, 0.25) is 0 Å². The van der Waals surface area contributed by atoms with Crippen LogP contribution in [0.15, 0.2) is 30.4 Å². The molecule has 2 amide bonds. The largest absolute Gasteiger partial charge is 0.338 e. The fourth-order valence-electron chi connectivity index (χ4n) is 3.74. The minimum Gasteiger partial charge on any atom is -0.338 e. The first-order chi connectivity index (χ1) is 14.6. The average Bonchev–Trinajstić information content (AvgIpc) is 2.73. The van der Waals surface area contributed by atoms with Gasteiger partial charge < -0.3 is 10.6 Å². The first kappa shape index (κ1) is 26.3. The number of carbonyl (C=O) groups is 1. The number of anilines is 1. The highest BCUT2D eigenvalue weighted by atomic mass is 16.2. The molecular weight excluding hydrogens is 368 g/mol. The normalized spacial score (nSPS) is 11.2. The SMILES string of the molecule is CCCCCCCCC=CCCCCCCCCNC(=O)Nc1c(C)cccc1C. The number of benzene rings is 1. The molecule has 0 saturated heterocycles. The van der Waals surface area contributed by atoms with E-state index in [0.29, 0.717) is 0 Å². The summed E-state index contributed by atoms with van der Waals surface area (Å²) in [6.07, 6.45) is 23.0. The molecule has 30 heavy (non-hydrogen) atoms. The van der Waals surface area contributed by atoms with Gasteiger partial charge in [-0.25, -0.2) is 4.79 Å². The lowest BCUT2D eigenvalue weighted by molar-refractivity contribution is 0.252. The zero-order valence-electron chi connectivity index (χ0n) is 19.9. The van der Waals surface area contributed by atoms with Crippen LogP contribution in [0.1, 0.15) is 108 Å². The number of unbranched alkanes of at least 4 members (excludes halogenated alkanes) is 12. The van der Waals surface area contributed by atoms with E-state index in [-0.39, 0.29) is 6.03 Å². The van der Waals surface area contributed by atoms with Crippen molar-refractivity contribution in [3.8, 4) is 0 Å². The van der Waals surface area contributed by atoms with Crippen molar-refractivity contribution in [3.63, 3.8) is 0 Å². The summed E-state index contributed by atoms with van der Waals surface area (Å²) in [6.45, 7) is 7.06. The summed E-state index contributed by atoms with van der Waals surface area (Å²) in [5.41, 5.74) is 3.13. The van der Waals surface area contributed by atoms with Crippen LogP contribution in [0.5, 0.6) is 0 Å². The fraction of sp³-hybridized carbons (Fsp3) is 0.667. The summed E-state index contributed by atoms with van der Waals surface area (Å²) in [4.78, 5) is 12.0. The molecule has 1 aromatic carbocycles. The van der Waals surface area contributed by atoms with Gasteiger partial charge in [0.15, 0.2) is 0 Å². The first-order valence-electron chi connectivity index (χ1n) is 12.4. The summed E-state index contributed by atoms with van der Waals surface area (Å²) in [5, 5.41) is 5.95. The Labute approximate surface area is 186 Å². The number of hydrogen-bond acceptors (Lipinski definition) is 1. The Morgan fingerprint density at radius 3 is 1.83 bits per heavy atom. The second-order valence-electron chi connectivity index (χ2n) is 8.59. The number of nitrogens with one attached hydrogen (secondary N) is 2. The van der Waals surface area contributed by atoms with Crippen molar-refractivity contribution in [2.24, 2.45) is 0 Å². The van der Waals surface area contributed by atoms with Gasteiger partial charge in [-0.15, -0.1) is 0 Å². The minimum absolute atomic E-state index is 0.0971. The lowest BCUT2D eigenvalue weighted by Crippen LogP contribution is -2.30. The molecule has 3 heteroatoms. The lowest BCUT2D eigenvalue weighted by atomic mass is 10.1. The number of urea groups is 1. The Morgan fingerprint density at radius 2 is 1.27 bits per heavy atom. The molecule has 3 nitrogen and oxygen atoms in total. The van der Waals surface area contributed by atoms with Crippen LogP contribution < -0.4 is 10.6 Å². The van der Waals surface area contributed by atoms with Gasteiger partial charge >= 0.3 is 6.03 Å².